The maximum Gasteiger partial charge on any atom is 0.348 e. The predicted molar refractivity (Wildman–Crippen MR) is 108 cm³/mol. The molecular formula is C18H16N4O4S2. The largest absolute Gasteiger partial charge is 0.462 e. The lowest BCUT2D eigenvalue weighted by atomic mass is 10.2. The first-order chi connectivity index (χ1) is 13.4. The van der Waals surface area contributed by atoms with Gasteiger partial charge in [0, 0.05) is 17.1 Å². The van der Waals surface area contributed by atoms with Crippen molar-refractivity contribution >= 4 is 43.8 Å². The van der Waals surface area contributed by atoms with Crippen LogP contribution in [0.1, 0.15) is 33.5 Å². The van der Waals surface area contributed by atoms with E-state index in [2.05, 4.69) is 9.97 Å². The van der Waals surface area contributed by atoms with Crippen molar-refractivity contribution < 1.29 is 9.53 Å². The van der Waals surface area contributed by atoms with Crippen LogP contribution in [0.4, 0.5) is 0 Å². The van der Waals surface area contributed by atoms with Gasteiger partial charge in [0.15, 0.2) is 4.96 Å². The van der Waals surface area contributed by atoms with Gasteiger partial charge in [-0.25, -0.2) is 14.8 Å². The molecule has 4 aromatic heterocycles. The fraction of sp³-hybridized carbons (Fsp3) is 0.278. The Kier molecular flexibility index (Phi) is 4.60. The number of nitrogens with zero attached hydrogens (tertiary/aromatic N) is 4. The van der Waals surface area contributed by atoms with Crippen LogP contribution >= 0.6 is 22.7 Å². The first kappa shape index (κ1) is 18.5. The van der Waals surface area contributed by atoms with Crippen molar-refractivity contribution in [2.24, 2.45) is 0 Å². The van der Waals surface area contributed by atoms with Crippen LogP contribution in [0.5, 0.6) is 0 Å². The number of carbonyl (C=O) groups excluding carboxylic acids is 1. The smallest absolute Gasteiger partial charge is 0.348 e. The maximum absolute atomic E-state index is 13.0. The van der Waals surface area contributed by atoms with Crippen LogP contribution in [0.2, 0.25) is 0 Å². The van der Waals surface area contributed by atoms with Crippen LogP contribution in [-0.4, -0.2) is 31.5 Å². The average molecular weight is 416 g/mol. The summed E-state index contributed by atoms with van der Waals surface area (Å²) in [4.78, 5) is 47.6. The Hall–Kier alpha value is -2.85. The Labute approximate surface area is 166 Å². The van der Waals surface area contributed by atoms with Gasteiger partial charge in [0.1, 0.15) is 9.71 Å². The Morgan fingerprint density at radius 1 is 1.29 bits per heavy atom. The lowest BCUT2D eigenvalue weighted by Crippen LogP contribution is -2.23. The first-order valence-electron chi connectivity index (χ1n) is 8.53. The quantitative estimate of drug-likeness (QED) is 0.474. The van der Waals surface area contributed by atoms with Crippen molar-refractivity contribution in [3.8, 4) is 0 Å². The van der Waals surface area contributed by atoms with E-state index in [1.165, 1.54) is 32.7 Å². The minimum atomic E-state index is -0.456. The fourth-order valence-corrected chi connectivity index (χ4v) is 4.94. The van der Waals surface area contributed by atoms with Crippen LogP contribution in [0, 0.1) is 13.8 Å². The van der Waals surface area contributed by atoms with E-state index >= 15 is 0 Å². The SMILES string of the molecule is CCOC(=O)c1sc2ncn(Cc3cc(=O)n4c(C)csc4n3)c(=O)c2c1C. The zero-order chi connectivity index (χ0) is 20.0. The molecule has 0 unspecified atom stereocenters. The Morgan fingerprint density at radius 2 is 2.07 bits per heavy atom. The molecule has 0 saturated heterocycles. The van der Waals surface area contributed by atoms with Crippen LogP contribution in [-0.2, 0) is 11.3 Å². The molecule has 0 aliphatic rings. The number of hydrogen-bond acceptors (Lipinski definition) is 8. The highest BCUT2D eigenvalue weighted by molar-refractivity contribution is 7.20. The molecule has 0 bridgehead atoms. The van der Waals surface area contributed by atoms with Crippen LogP contribution in [0.3, 0.4) is 0 Å². The van der Waals surface area contributed by atoms with Gasteiger partial charge in [-0.05, 0) is 26.3 Å². The molecule has 0 saturated carbocycles. The summed E-state index contributed by atoms with van der Waals surface area (Å²) < 4.78 is 7.98. The Bertz CT molecular complexity index is 1350. The molecule has 0 radical (unpaired) electrons. The van der Waals surface area contributed by atoms with E-state index in [1.54, 1.807) is 13.8 Å². The number of thiophene rings is 1. The van der Waals surface area contributed by atoms with Crippen LogP contribution in [0.25, 0.3) is 15.2 Å². The molecule has 4 rings (SSSR count). The van der Waals surface area contributed by atoms with Gasteiger partial charge in [0.05, 0.1) is 30.6 Å². The molecule has 28 heavy (non-hydrogen) atoms. The second-order valence-corrected chi connectivity index (χ2v) is 8.05. The summed E-state index contributed by atoms with van der Waals surface area (Å²) in [6, 6.07) is 1.42. The molecule has 0 atom stereocenters. The van der Waals surface area contributed by atoms with Gasteiger partial charge >= 0.3 is 5.97 Å². The number of aryl methyl sites for hydroxylation is 2. The number of ether oxygens (including phenoxy) is 1. The summed E-state index contributed by atoms with van der Waals surface area (Å²) in [5, 5.41) is 2.25. The molecule has 0 aliphatic carbocycles. The highest BCUT2D eigenvalue weighted by atomic mass is 32.1. The van der Waals surface area contributed by atoms with Gasteiger partial charge in [0.2, 0.25) is 0 Å². The average Bonchev–Trinajstić information content (AvgIpc) is 3.19. The highest BCUT2D eigenvalue weighted by Gasteiger charge is 2.20. The zero-order valence-electron chi connectivity index (χ0n) is 15.4. The van der Waals surface area contributed by atoms with Crippen molar-refractivity contribution in [2.75, 3.05) is 6.61 Å². The number of carbonyl (C=O) groups is 1. The number of rotatable bonds is 4. The molecule has 4 heterocycles. The lowest BCUT2D eigenvalue weighted by molar-refractivity contribution is 0.0531. The van der Waals surface area contributed by atoms with Crippen LogP contribution in [0.15, 0.2) is 27.4 Å². The van der Waals surface area contributed by atoms with E-state index < -0.39 is 5.97 Å². The van der Waals surface area contributed by atoms with Crippen molar-refractivity contribution in [3.63, 3.8) is 0 Å². The molecule has 0 amide bonds. The number of thiazole rings is 1. The van der Waals surface area contributed by atoms with E-state index in [9.17, 15) is 14.4 Å². The molecule has 8 nitrogen and oxygen atoms in total. The van der Waals surface area contributed by atoms with Crippen molar-refractivity contribution in [3.05, 3.63) is 60.3 Å². The first-order valence-corrected chi connectivity index (χ1v) is 10.2. The molecule has 144 valence electrons. The normalized spacial score (nSPS) is 11.4. The maximum atomic E-state index is 13.0. The van der Waals surface area contributed by atoms with E-state index in [1.807, 2.05) is 12.3 Å². The van der Waals surface area contributed by atoms with Gasteiger partial charge in [-0.3, -0.25) is 18.6 Å². The summed E-state index contributed by atoms with van der Waals surface area (Å²) >= 11 is 2.51. The van der Waals surface area contributed by atoms with Gasteiger partial charge in [-0.15, -0.1) is 22.7 Å². The monoisotopic (exact) mass is 416 g/mol. The number of esters is 1. The summed E-state index contributed by atoms with van der Waals surface area (Å²) in [6.45, 7) is 5.66. The van der Waals surface area contributed by atoms with Crippen molar-refractivity contribution in [2.45, 2.75) is 27.3 Å². The molecule has 4 aromatic rings. The fourth-order valence-electron chi connectivity index (χ4n) is 3.02. The summed E-state index contributed by atoms with van der Waals surface area (Å²) in [5.41, 5.74) is 1.40. The zero-order valence-corrected chi connectivity index (χ0v) is 17.0. The standard InChI is InChI=1S/C18H16N4O4S2/c1-4-26-17(25)14-10(3)13-15(28-14)19-8-21(16(13)24)6-11-5-12(23)22-9(2)7-27-18(22)20-11/h5,7-8H,4,6H2,1-3H3. The Balaban J connectivity index is 1.79. The van der Waals surface area contributed by atoms with Gasteiger partial charge in [0.25, 0.3) is 11.1 Å². The van der Waals surface area contributed by atoms with Gasteiger partial charge in [-0.1, -0.05) is 0 Å². The summed E-state index contributed by atoms with van der Waals surface area (Å²) in [5.74, 6) is -0.456. The van der Waals surface area contributed by atoms with Crippen molar-refractivity contribution in [1.29, 1.82) is 0 Å². The van der Waals surface area contributed by atoms with Gasteiger partial charge in [-0.2, -0.15) is 0 Å². The third kappa shape index (κ3) is 2.94. The molecule has 0 N–H and O–H groups in total. The summed E-state index contributed by atoms with van der Waals surface area (Å²) in [7, 11) is 0. The number of aromatic nitrogens is 4. The molecular weight excluding hydrogens is 400 g/mol. The molecule has 0 aromatic carbocycles. The second kappa shape index (κ2) is 6.95. The predicted octanol–water partition coefficient (Wildman–Crippen LogP) is 2.37. The number of fused-ring (bicyclic) bond motifs is 2. The third-order valence-corrected chi connectivity index (χ3v) is 6.46. The third-order valence-electron chi connectivity index (χ3n) is 4.34. The summed E-state index contributed by atoms with van der Waals surface area (Å²) in [6.07, 6.45) is 1.42. The number of hydrogen-bond donors (Lipinski definition) is 0. The van der Waals surface area contributed by atoms with Gasteiger partial charge < -0.3 is 4.74 Å². The minimum Gasteiger partial charge on any atom is -0.462 e. The molecule has 0 aliphatic heterocycles. The molecule has 10 heteroatoms. The molecule has 0 fully saturated rings. The van der Waals surface area contributed by atoms with Crippen LogP contribution < -0.4 is 11.1 Å². The molecule has 0 spiro atoms. The van der Waals surface area contributed by atoms with E-state index in [-0.39, 0.29) is 24.3 Å². The minimum absolute atomic E-state index is 0.120. The van der Waals surface area contributed by atoms with Crippen molar-refractivity contribution in [1.82, 2.24) is 18.9 Å². The second-order valence-electron chi connectivity index (χ2n) is 6.22. The Morgan fingerprint density at radius 3 is 2.82 bits per heavy atom. The highest BCUT2D eigenvalue weighted by Crippen LogP contribution is 2.27. The van der Waals surface area contributed by atoms with E-state index in [4.69, 9.17) is 4.74 Å². The van der Waals surface area contributed by atoms with E-state index in [0.29, 0.717) is 31.3 Å². The van der Waals surface area contributed by atoms with E-state index in [0.717, 1.165) is 17.0 Å². The topological polar surface area (TPSA) is 95.6 Å². The lowest BCUT2D eigenvalue weighted by Gasteiger charge is -2.05.